The fourth-order valence-electron chi connectivity index (χ4n) is 4.07. The Kier molecular flexibility index (Phi) is 5.08. The monoisotopic (exact) mass is 446 g/mol. The third-order valence-electron chi connectivity index (χ3n) is 5.76. The Balaban J connectivity index is 1.56. The molecule has 0 radical (unpaired) electrons. The Bertz CT molecular complexity index is 1480. The summed E-state index contributed by atoms with van der Waals surface area (Å²) in [5.74, 6) is 1.23. The molecule has 0 fully saturated rings. The van der Waals surface area contributed by atoms with Gasteiger partial charge in [-0.3, -0.25) is 14.0 Å². The number of carbonyl (C=O) groups is 1. The molecule has 33 heavy (non-hydrogen) atoms. The second kappa shape index (κ2) is 8.09. The maximum Gasteiger partial charge on any atom is 0.278 e. The predicted molar refractivity (Wildman–Crippen MR) is 122 cm³/mol. The first-order chi connectivity index (χ1) is 16.0. The van der Waals surface area contributed by atoms with Crippen LogP contribution in [-0.2, 0) is 13.1 Å². The first kappa shape index (κ1) is 20.7. The van der Waals surface area contributed by atoms with Crippen LogP contribution >= 0.6 is 0 Å². The topological polar surface area (TPSA) is 112 Å². The van der Waals surface area contributed by atoms with Gasteiger partial charge in [-0.1, -0.05) is 24.0 Å². The molecule has 1 aliphatic rings. The van der Waals surface area contributed by atoms with Crippen LogP contribution in [0.1, 0.15) is 34.8 Å². The van der Waals surface area contributed by atoms with Crippen molar-refractivity contribution in [3.8, 4) is 11.5 Å². The van der Waals surface area contributed by atoms with E-state index >= 15 is 0 Å². The first-order valence-electron chi connectivity index (χ1n) is 10.8. The van der Waals surface area contributed by atoms with Gasteiger partial charge in [-0.05, 0) is 43.2 Å². The third kappa shape index (κ3) is 3.51. The molecule has 0 atom stereocenters. The van der Waals surface area contributed by atoms with Gasteiger partial charge in [0.15, 0.2) is 11.5 Å². The zero-order valence-corrected chi connectivity index (χ0v) is 18.4. The summed E-state index contributed by atoms with van der Waals surface area (Å²) in [5.41, 5.74) is 9.20. The van der Waals surface area contributed by atoms with Crippen LogP contribution in [0.25, 0.3) is 16.7 Å². The van der Waals surface area contributed by atoms with Crippen molar-refractivity contribution >= 4 is 28.4 Å². The van der Waals surface area contributed by atoms with E-state index in [1.165, 1.54) is 10.5 Å². The van der Waals surface area contributed by atoms with Crippen molar-refractivity contribution in [2.45, 2.75) is 33.4 Å². The molecule has 1 aromatic carbocycles. The molecule has 168 valence electrons. The van der Waals surface area contributed by atoms with E-state index in [2.05, 4.69) is 5.32 Å². The van der Waals surface area contributed by atoms with Crippen molar-refractivity contribution < 1.29 is 18.8 Å². The summed E-state index contributed by atoms with van der Waals surface area (Å²) in [6, 6.07) is 10.7. The third-order valence-corrected chi connectivity index (χ3v) is 5.76. The van der Waals surface area contributed by atoms with E-state index in [-0.39, 0.29) is 36.2 Å². The van der Waals surface area contributed by atoms with Crippen molar-refractivity contribution in [2.75, 3.05) is 12.5 Å². The average molecular weight is 446 g/mol. The maximum atomic E-state index is 13.3. The molecule has 3 N–H and O–H groups in total. The Morgan fingerprint density at radius 1 is 1.24 bits per heavy atom. The van der Waals surface area contributed by atoms with E-state index < -0.39 is 0 Å². The van der Waals surface area contributed by atoms with Crippen LogP contribution in [0.2, 0.25) is 0 Å². The van der Waals surface area contributed by atoms with Gasteiger partial charge in [0.1, 0.15) is 10.9 Å². The zero-order chi connectivity index (χ0) is 23.1. The number of aryl methyl sites for hydroxylation is 2. The summed E-state index contributed by atoms with van der Waals surface area (Å²) in [5, 5.41) is 3.23. The van der Waals surface area contributed by atoms with Crippen LogP contribution in [0.5, 0.6) is 11.5 Å². The number of ether oxygens (including phenoxy) is 2. The lowest BCUT2D eigenvalue weighted by atomic mass is 10.1. The molecular formula is C24H24N5O4+. The largest absolute Gasteiger partial charge is 0.454 e. The fourth-order valence-corrected chi connectivity index (χ4v) is 4.07. The SMILES string of the molecule is CCC[n+]1c(N)c(C(=O)NCc2ccc3c(c2)OCO3)cc2c(=O)n3cccc(C)c3nc21. The second-order valence-electron chi connectivity index (χ2n) is 8.00. The number of aromatic nitrogens is 3. The Morgan fingerprint density at radius 2 is 2.06 bits per heavy atom. The van der Waals surface area contributed by atoms with Crippen molar-refractivity contribution in [3.63, 3.8) is 0 Å². The van der Waals surface area contributed by atoms with Gasteiger partial charge in [0, 0.05) is 18.3 Å². The minimum atomic E-state index is -0.370. The standard InChI is InChI=1S/C24H23N5O4/c1-3-8-28-20(25)16(23(30)26-12-15-6-7-18-19(10-15)33-13-32-18)11-17-22(28)27-21-14(2)5-4-9-29(21)24(17)31/h4-7,9-11,25H,3,8,12-13H2,1-2H3,(H,26,30)/p+1. The molecule has 4 heterocycles. The molecule has 9 nitrogen and oxygen atoms in total. The fraction of sp³-hybridized carbons (Fsp3) is 0.250. The highest BCUT2D eigenvalue weighted by atomic mass is 16.7. The van der Waals surface area contributed by atoms with Gasteiger partial charge in [0.2, 0.25) is 18.3 Å². The van der Waals surface area contributed by atoms with Gasteiger partial charge in [0.05, 0.1) is 6.54 Å². The minimum absolute atomic E-state index is 0.188. The van der Waals surface area contributed by atoms with Gasteiger partial charge in [-0.15, -0.1) is 0 Å². The summed E-state index contributed by atoms with van der Waals surface area (Å²) in [7, 11) is 0. The van der Waals surface area contributed by atoms with Crippen LogP contribution < -0.4 is 30.7 Å². The number of nitrogens with zero attached hydrogens (tertiary/aromatic N) is 3. The van der Waals surface area contributed by atoms with Crippen molar-refractivity contribution in [2.24, 2.45) is 0 Å². The molecule has 0 bridgehead atoms. The summed E-state index contributed by atoms with van der Waals surface area (Å²) >= 11 is 0. The van der Waals surface area contributed by atoms with Crippen LogP contribution in [-0.4, -0.2) is 22.1 Å². The van der Waals surface area contributed by atoms with Gasteiger partial charge in [0.25, 0.3) is 17.1 Å². The lowest BCUT2D eigenvalue weighted by Crippen LogP contribution is -2.42. The van der Waals surface area contributed by atoms with Crippen LogP contribution in [0.15, 0.2) is 47.4 Å². The number of anilines is 1. The Labute approximate surface area is 189 Å². The normalized spacial score (nSPS) is 12.4. The number of pyridine rings is 2. The van der Waals surface area contributed by atoms with Crippen LogP contribution in [0, 0.1) is 6.92 Å². The van der Waals surface area contributed by atoms with E-state index in [1.807, 2.05) is 38.1 Å². The number of nitrogen functional groups attached to an aromatic ring is 1. The number of nitrogens with one attached hydrogen (secondary N) is 1. The lowest BCUT2D eigenvalue weighted by molar-refractivity contribution is -0.658. The Hall–Kier alpha value is -4.14. The first-order valence-corrected chi connectivity index (χ1v) is 10.8. The van der Waals surface area contributed by atoms with E-state index in [0.29, 0.717) is 34.7 Å². The number of amides is 1. The van der Waals surface area contributed by atoms with Gasteiger partial charge >= 0.3 is 0 Å². The van der Waals surface area contributed by atoms with E-state index in [4.69, 9.17) is 20.2 Å². The van der Waals surface area contributed by atoms with E-state index in [9.17, 15) is 9.59 Å². The van der Waals surface area contributed by atoms with Crippen LogP contribution in [0.3, 0.4) is 0 Å². The van der Waals surface area contributed by atoms with Gasteiger partial charge < -0.3 is 20.5 Å². The molecule has 0 spiro atoms. The highest BCUT2D eigenvalue weighted by Gasteiger charge is 2.24. The quantitative estimate of drug-likeness (QED) is 0.359. The molecule has 5 rings (SSSR count). The highest BCUT2D eigenvalue weighted by molar-refractivity contribution is 6.00. The smallest absolute Gasteiger partial charge is 0.278 e. The van der Waals surface area contributed by atoms with Crippen LogP contribution in [0.4, 0.5) is 5.82 Å². The number of carbonyl (C=O) groups excluding carboxylic acids is 1. The molecular weight excluding hydrogens is 422 g/mol. The van der Waals surface area contributed by atoms with Gasteiger partial charge in [-0.25, -0.2) is 4.57 Å². The molecule has 0 aliphatic carbocycles. The predicted octanol–water partition coefficient (Wildman–Crippen LogP) is 2.09. The highest BCUT2D eigenvalue weighted by Crippen LogP contribution is 2.32. The Morgan fingerprint density at radius 3 is 2.88 bits per heavy atom. The molecule has 0 saturated carbocycles. The molecule has 9 heteroatoms. The summed E-state index contributed by atoms with van der Waals surface area (Å²) in [6.07, 6.45) is 2.44. The molecule has 4 aromatic rings. The average Bonchev–Trinajstić information content (AvgIpc) is 3.28. The number of nitrogens with two attached hydrogens (primary N) is 1. The summed E-state index contributed by atoms with van der Waals surface area (Å²) < 4.78 is 14.0. The number of benzene rings is 1. The summed E-state index contributed by atoms with van der Waals surface area (Å²) in [6.45, 7) is 4.89. The number of hydrogen-bond acceptors (Lipinski definition) is 6. The number of hydrogen-bond donors (Lipinski definition) is 2. The molecule has 0 saturated heterocycles. The van der Waals surface area contributed by atoms with Crippen molar-refractivity contribution in [3.05, 3.63) is 69.6 Å². The lowest BCUT2D eigenvalue weighted by Gasteiger charge is -2.12. The minimum Gasteiger partial charge on any atom is -0.454 e. The van der Waals surface area contributed by atoms with Crippen molar-refractivity contribution in [1.82, 2.24) is 14.7 Å². The molecule has 1 aliphatic heterocycles. The molecule has 3 aromatic heterocycles. The molecule has 0 unspecified atom stereocenters. The van der Waals surface area contributed by atoms with E-state index in [0.717, 1.165) is 17.5 Å². The number of fused-ring (bicyclic) bond motifs is 3. The maximum absolute atomic E-state index is 13.3. The zero-order valence-electron chi connectivity index (χ0n) is 18.4. The van der Waals surface area contributed by atoms with Gasteiger partial charge in [-0.2, -0.15) is 0 Å². The van der Waals surface area contributed by atoms with E-state index in [1.54, 1.807) is 16.8 Å². The second-order valence-corrected chi connectivity index (χ2v) is 8.00. The molecule has 1 amide bonds. The summed E-state index contributed by atoms with van der Waals surface area (Å²) in [4.78, 5) is 31.1. The number of rotatable bonds is 5. The van der Waals surface area contributed by atoms with Crippen molar-refractivity contribution in [1.29, 1.82) is 0 Å².